The van der Waals surface area contributed by atoms with Crippen LogP contribution in [0.25, 0.3) is 11.3 Å². The van der Waals surface area contributed by atoms with Crippen molar-refractivity contribution in [1.29, 1.82) is 0 Å². The molecule has 0 amide bonds. The molecule has 3 rings (SSSR count). The number of nitrogens with zero attached hydrogens (tertiary/aromatic N) is 2. The number of aryl methyl sites for hydroxylation is 3. The molecule has 4 heteroatoms. The summed E-state index contributed by atoms with van der Waals surface area (Å²) in [5.41, 5.74) is 4.70. The van der Waals surface area contributed by atoms with E-state index in [0.717, 1.165) is 24.1 Å². The minimum Gasteiger partial charge on any atom is -0.391 e. The molecule has 1 aliphatic carbocycles. The quantitative estimate of drug-likeness (QED) is 0.905. The Bertz CT molecular complexity index is 704. The minimum absolute atomic E-state index is 0.241. The van der Waals surface area contributed by atoms with Gasteiger partial charge in [0.1, 0.15) is 0 Å². The second-order valence-electron chi connectivity index (χ2n) is 5.33. The van der Waals surface area contributed by atoms with Crippen molar-refractivity contribution in [1.82, 2.24) is 9.78 Å². The maximum Gasteiger partial charge on any atom is 0.272 e. The zero-order valence-electron chi connectivity index (χ0n) is 11.6. The molecule has 20 heavy (non-hydrogen) atoms. The SMILES string of the molecule is Cn1nc(-c2ccc3c(c2)CCCC3)cc(CO)c1=O. The largest absolute Gasteiger partial charge is 0.391 e. The smallest absolute Gasteiger partial charge is 0.272 e. The normalized spacial score (nSPS) is 14.1. The fourth-order valence-electron chi connectivity index (χ4n) is 2.82. The molecule has 2 aromatic rings. The fourth-order valence-corrected chi connectivity index (χ4v) is 2.82. The maximum atomic E-state index is 11.8. The number of hydrogen-bond acceptors (Lipinski definition) is 3. The van der Waals surface area contributed by atoms with Crippen molar-refractivity contribution >= 4 is 0 Å². The van der Waals surface area contributed by atoms with E-state index in [1.807, 2.05) is 0 Å². The predicted octanol–water partition coefficient (Wildman–Crippen LogP) is 1.82. The first-order valence-corrected chi connectivity index (χ1v) is 6.99. The highest BCUT2D eigenvalue weighted by molar-refractivity contribution is 5.61. The molecule has 0 bridgehead atoms. The maximum absolute atomic E-state index is 11.8. The Morgan fingerprint density at radius 1 is 1.20 bits per heavy atom. The van der Waals surface area contributed by atoms with Gasteiger partial charge in [-0.3, -0.25) is 4.79 Å². The second-order valence-corrected chi connectivity index (χ2v) is 5.33. The van der Waals surface area contributed by atoms with Gasteiger partial charge in [-0.15, -0.1) is 0 Å². The molecular formula is C16H18N2O2. The van der Waals surface area contributed by atoms with Gasteiger partial charge in [0.05, 0.1) is 12.3 Å². The summed E-state index contributed by atoms with van der Waals surface area (Å²) in [5.74, 6) is 0. The Labute approximate surface area is 117 Å². The summed E-state index contributed by atoms with van der Waals surface area (Å²) >= 11 is 0. The first kappa shape index (κ1) is 13.1. The van der Waals surface area contributed by atoms with Crippen molar-refractivity contribution < 1.29 is 5.11 Å². The summed E-state index contributed by atoms with van der Waals surface area (Å²) in [6.45, 7) is -0.257. The van der Waals surface area contributed by atoms with Crippen LogP contribution in [-0.2, 0) is 26.5 Å². The van der Waals surface area contributed by atoms with Crippen LogP contribution in [0.3, 0.4) is 0 Å². The van der Waals surface area contributed by atoms with Gasteiger partial charge in [-0.25, -0.2) is 4.68 Å². The number of fused-ring (bicyclic) bond motifs is 1. The van der Waals surface area contributed by atoms with Crippen molar-refractivity contribution in [3.05, 3.63) is 51.3 Å². The molecule has 0 aliphatic heterocycles. The van der Waals surface area contributed by atoms with E-state index in [1.165, 1.54) is 28.7 Å². The first-order chi connectivity index (χ1) is 9.69. The van der Waals surface area contributed by atoms with Crippen molar-refractivity contribution in [2.24, 2.45) is 7.05 Å². The minimum atomic E-state index is -0.257. The number of aromatic nitrogens is 2. The van der Waals surface area contributed by atoms with Crippen LogP contribution in [0.1, 0.15) is 29.5 Å². The summed E-state index contributed by atoms with van der Waals surface area (Å²) in [7, 11) is 1.61. The van der Waals surface area contributed by atoms with Crippen molar-refractivity contribution in [3.8, 4) is 11.3 Å². The number of aliphatic hydroxyl groups excluding tert-OH is 1. The Hall–Kier alpha value is -1.94. The van der Waals surface area contributed by atoms with Gasteiger partial charge in [0.15, 0.2) is 0 Å². The lowest BCUT2D eigenvalue weighted by atomic mass is 9.90. The number of hydrogen-bond donors (Lipinski definition) is 1. The first-order valence-electron chi connectivity index (χ1n) is 6.99. The highest BCUT2D eigenvalue weighted by atomic mass is 16.3. The highest BCUT2D eigenvalue weighted by Gasteiger charge is 2.12. The summed E-state index contributed by atoms with van der Waals surface area (Å²) in [6, 6.07) is 8.07. The molecule has 0 radical (unpaired) electrons. The molecule has 0 unspecified atom stereocenters. The molecule has 1 aromatic carbocycles. The Kier molecular flexibility index (Phi) is 3.40. The van der Waals surface area contributed by atoms with E-state index in [4.69, 9.17) is 0 Å². The Morgan fingerprint density at radius 3 is 2.70 bits per heavy atom. The van der Waals surface area contributed by atoms with Crippen LogP contribution in [0.4, 0.5) is 0 Å². The lowest BCUT2D eigenvalue weighted by molar-refractivity contribution is 0.279. The lowest BCUT2D eigenvalue weighted by Crippen LogP contribution is -2.23. The predicted molar refractivity (Wildman–Crippen MR) is 77.5 cm³/mol. The van der Waals surface area contributed by atoms with Crippen LogP contribution >= 0.6 is 0 Å². The third kappa shape index (κ3) is 2.27. The average Bonchev–Trinajstić information content (AvgIpc) is 2.49. The van der Waals surface area contributed by atoms with E-state index >= 15 is 0 Å². The van der Waals surface area contributed by atoms with Gasteiger partial charge in [-0.1, -0.05) is 12.1 Å². The van der Waals surface area contributed by atoms with Crippen molar-refractivity contribution in [2.45, 2.75) is 32.3 Å². The van der Waals surface area contributed by atoms with Crippen LogP contribution < -0.4 is 5.56 Å². The average molecular weight is 270 g/mol. The molecule has 0 fully saturated rings. The number of benzene rings is 1. The summed E-state index contributed by atoms with van der Waals surface area (Å²) in [5, 5.41) is 13.6. The van der Waals surface area contributed by atoms with E-state index in [9.17, 15) is 9.90 Å². The molecule has 1 heterocycles. The van der Waals surface area contributed by atoms with Gasteiger partial charge in [0, 0.05) is 18.2 Å². The standard InChI is InChI=1S/C16H18N2O2/c1-18-16(20)14(10-19)9-15(17-18)13-7-6-11-4-2-3-5-12(11)8-13/h6-9,19H,2-5,10H2,1H3. The van der Waals surface area contributed by atoms with E-state index in [-0.39, 0.29) is 12.2 Å². The van der Waals surface area contributed by atoms with Crippen LogP contribution in [0.15, 0.2) is 29.1 Å². The molecule has 0 saturated heterocycles. The Morgan fingerprint density at radius 2 is 1.95 bits per heavy atom. The zero-order chi connectivity index (χ0) is 14.1. The van der Waals surface area contributed by atoms with E-state index < -0.39 is 0 Å². The summed E-state index contributed by atoms with van der Waals surface area (Å²) < 4.78 is 1.29. The topological polar surface area (TPSA) is 55.1 Å². The molecule has 1 aliphatic rings. The van der Waals surface area contributed by atoms with Gasteiger partial charge < -0.3 is 5.11 Å². The molecular weight excluding hydrogens is 252 g/mol. The fraction of sp³-hybridized carbons (Fsp3) is 0.375. The van der Waals surface area contributed by atoms with Crippen LogP contribution in [0.2, 0.25) is 0 Å². The molecule has 0 saturated carbocycles. The summed E-state index contributed by atoms with van der Waals surface area (Å²) in [4.78, 5) is 11.8. The molecule has 1 aromatic heterocycles. The van der Waals surface area contributed by atoms with Gasteiger partial charge in [0.25, 0.3) is 5.56 Å². The van der Waals surface area contributed by atoms with Gasteiger partial charge >= 0.3 is 0 Å². The second kappa shape index (κ2) is 5.21. The van der Waals surface area contributed by atoms with Crippen LogP contribution in [-0.4, -0.2) is 14.9 Å². The third-order valence-electron chi connectivity index (χ3n) is 3.95. The van der Waals surface area contributed by atoms with Gasteiger partial charge in [-0.05, 0) is 48.9 Å². The molecule has 104 valence electrons. The lowest BCUT2D eigenvalue weighted by Gasteiger charge is -2.16. The van der Waals surface area contributed by atoms with E-state index in [1.54, 1.807) is 13.1 Å². The molecule has 4 nitrogen and oxygen atoms in total. The number of rotatable bonds is 2. The molecule has 0 spiro atoms. The third-order valence-corrected chi connectivity index (χ3v) is 3.95. The van der Waals surface area contributed by atoms with Crippen LogP contribution in [0, 0.1) is 0 Å². The van der Waals surface area contributed by atoms with Crippen LogP contribution in [0.5, 0.6) is 0 Å². The van der Waals surface area contributed by atoms with Gasteiger partial charge in [-0.2, -0.15) is 5.10 Å². The summed E-state index contributed by atoms with van der Waals surface area (Å²) in [6.07, 6.45) is 4.76. The molecule has 0 atom stereocenters. The monoisotopic (exact) mass is 270 g/mol. The molecule has 1 N–H and O–H groups in total. The Balaban J connectivity index is 2.09. The van der Waals surface area contributed by atoms with E-state index in [0.29, 0.717) is 5.56 Å². The van der Waals surface area contributed by atoms with Crippen molar-refractivity contribution in [3.63, 3.8) is 0 Å². The number of aliphatic hydroxyl groups is 1. The van der Waals surface area contributed by atoms with E-state index in [2.05, 4.69) is 23.3 Å². The highest BCUT2D eigenvalue weighted by Crippen LogP contribution is 2.26. The van der Waals surface area contributed by atoms with Crippen molar-refractivity contribution in [2.75, 3.05) is 0 Å². The van der Waals surface area contributed by atoms with Gasteiger partial charge in [0.2, 0.25) is 0 Å². The zero-order valence-corrected chi connectivity index (χ0v) is 11.6.